The van der Waals surface area contributed by atoms with E-state index in [1.54, 1.807) is 13.1 Å². The number of hydrogen-bond acceptors (Lipinski definition) is 6. The Morgan fingerprint density at radius 3 is 2.54 bits per heavy atom. The van der Waals surface area contributed by atoms with Crippen LogP contribution in [0.25, 0.3) is 11.2 Å². The largest absolute Gasteiger partial charge is 0.382 e. The van der Waals surface area contributed by atoms with E-state index in [9.17, 15) is 4.79 Å². The number of anilines is 3. The standard InChI is InChI=1S/C20H21N7O/c1-3-13-4-7-15(8-5-13)25-16-9-6-14(10-22-16)11-27-19-17(26-20(27)28)18(21)23-12(2)24-19/h4-10H,3,11H2,1-2H3,(H,22,25)(H,26,28)(H2,21,23,24). The van der Waals surface area contributed by atoms with Crippen molar-refractivity contribution in [3.8, 4) is 0 Å². The van der Waals surface area contributed by atoms with E-state index in [2.05, 4.69) is 44.3 Å². The lowest BCUT2D eigenvalue weighted by atomic mass is 10.1. The number of nitrogens with two attached hydrogens (primary N) is 1. The van der Waals surface area contributed by atoms with E-state index >= 15 is 0 Å². The topological polar surface area (TPSA) is 115 Å². The molecule has 0 bridgehead atoms. The number of H-pyrrole nitrogens is 1. The molecule has 8 nitrogen and oxygen atoms in total. The zero-order valence-electron chi connectivity index (χ0n) is 15.7. The Morgan fingerprint density at radius 1 is 1.11 bits per heavy atom. The fraction of sp³-hybridized carbons (Fsp3) is 0.200. The van der Waals surface area contributed by atoms with Crippen LogP contribution in [-0.4, -0.2) is 24.5 Å². The molecule has 0 saturated carbocycles. The third kappa shape index (κ3) is 3.44. The first-order valence-electron chi connectivity index (χ1n) is 9.07. The Morgan fingerprint density at radius 2 is 1.86 bits per heavy atom. The summed E-state index contributed by atoms with van der Waals surface area (Å²) < 4.78 is 1.54. The lowest BCUT2D eigenvalue weighted by Gasteiger charge is -2.08. The highest BCUT2D eigenvalue weighted by Gasteiger charge is 2.13. The minimum atomic E-state index is -0.278. The van der Waals surface area contributed by atoms with Gasteiger partial charge in [-0.25, -0.2) is 19.7 Å². The van der Waals surface area contributed by atoms with E-state index in [0.29, 0.717) is 23.5 Å². The quantitative estimate of drug-likeness (QED) is 0.494. The highest BCUT2D eigenvalue weighted by molar-refractivity contribution is 5.81. The molecule has 0 aliphatic rings. The minimum absolute atomic E-state index is 0.269. The summed E-state index contributed by atoms with van der Waals surface area (Å²) in [6, 6.07) is 12.1. The van der Waals surface area contributed by atoms with Crippen molar-refractivity contribution >= 4 is 28.5 Å². The molecule has 0 amide bonds. The molecule has 0 fully saturated rings. The molecule has 0 radical (unpaired) electrons. The second-order valence-electron chi connectivity index (χ2n) is 6.60. The normalized spacial score (nSPS) is 11.1. The molecule has 0 saturated heterocycles. The van der Waals surface area contributed by atoms with E-state index in [1.165, 1.54) is 10.1 Å². The van der Waals surface area contributed by atoms with Gasteiger partial charge in [-0.15, -0.1) is 0 Å². The van der Waals surface area contributed by atoms with Crippen LogP contribution in [0.1, 0.15) is 23.9 Å². The van der Waals surface area contributed by atoms with Crippen molar-refractivity contribution in [2.45, 2.75) is 26.8 Å². The average Bonchev–Trinajstić information content (AvgIpc) is 3.00. The smallest absolute Gasteiger partial charge is 0.328 e. The van der Waals surface area contributed by atoms with Crippen LogP contribution in [0.2, 0.25) is 0 Å². The second kappa shape index (κ2) is 7.15. The number of fused-ring (bicyclic) bond motifs is 1. The molecule has 1 aromatic carbocycles. The van der Waals surface area contributed by atoms with Crippen molar-refractivity contribution in [1.29, 1.82) is 0 Å². The van der Waals surface area contributed by atoms with Crippen LogP contribution in [0.15, 0.2) is 47.4 Å². The van der Waals surface area contributed by atoms with Crippen LogP contribution in [0.4, 0.5) is 17.3 Å². The Balaban J connectivity index is 1.56. The van der Waals surface area contributed by atoms with Gasteiger partial charge in [-0.2, -0.15) is 0 Å². The molecule has 3 heterocycles. The maximum atomic E-state index is 12.3. The molecule has 3 aromatic heterocycles. The highest BCUT2D eigenvalue weighted by Crippen LogP contribution is 2.18. The summed E-state index contributed by atoms with van der Waals surface area (Å²) in [7, 11) is 0. The van der Waals surface area contributed by atoms with Gasteiger partial charge in [-0.3, -0.25) is 4.57 Å². The molecule has 4 rings (SSSR count). The van der Waals surface area contributed by atoms with Crippen molar-refractivity contribution < 1.29 is 0 Å². The Labute approximate surface area is 161 Å². The fourth-order valence-corrected chi connectivity index (χ4v) is 3.06. The van der Waals surface area contributed by atoms with Gasteiger partial charge >= 0.3 is 5.69 Å². The van der Waals surface area contributed by atoms with Gasteiger partial charge < -0.3 is 16.0 Å². The number of nitrogen functional groups attached to an aromatic ring is 1. The maximum Gasteiger partial charge on any atom is 0.328 e. The van der Waals surface area contributed by atoms with Crippen molar-refractivity contribution in [1.82, 2.24) is 24.5 Å². The van der Waals surface area contributed by atoms with E-state index in [1.807, 2.05) is 24.3 Å². The first kappa shape index (κ1) is 17.7. The summed E-state index contributed by atoms with van der Waals surface area (Å²) in [5.41, 5.74) is 9.71. The van der Waals surface area contributed by atoms with Crippen LogP contribution in [-0.2, 0) is 13.0 Å². The predicted molar refractivity (Wildman–Crippen MR) is 110 cm³/mol. The average molecular weight is 375 g/mol. The number of aryl methyl sites for hydroxylation is 2. The fourth-order valence-electron chi connectivity index (χ4n) is 3.06. The lowest BCUT2D eigenvalue weighted by molar-refractivity contribution is 0.772. The number of pyridine rings is 1. The number of nitrogens with one attached hydrogen (secondary N) is 2. The number of imidazole rings is 1. The van der Waals surface area contributed by atoms with Gasteiger partial charge in [0.2, 0.25) is 0 Å². The molecule has 0 aliphatic heterocycles. The summed E-state index contributed by atoms with van der Waals surface area (Å²) in [6.45, 7) is 4.21. The molecule has 0 unspecified atom stereocenters. The molecule has 0 atom stereocenters. The molecular weight excluding hydrogens is 354 g/mol. The van der Waals surface area contributed by atoms with Gasteiger partial charge in [0.1, 0.15) is 17.2 Å². The summed E-state index contributed by atoms with van der Waals surface area (Å²) in [4.78, 5) is 27.9. The molecule has 4 N–H and O–H groups in total. The van der Waals surface area contributed by atoms with Crippen LogP contribution >= 0.6 is 0 Å². The zero-order chi connectivity index (χ0) is 19.7. The zero-order valence-corrected chi connectivity index (χ0v) is 15.7. The Hall–Kier alpha value is -3.68. The van der Waals surface area contributed by atoms with Crippen LogP contribution in [0.3, 0.4) is 0 Å². The first-order chi connectivity index (χ1) is 13.5. The molecule has 28 heavy (non-hydrogen) atoms. The predicted octanol–water partition coefficient (Wildman–Crippen LogP) is 2.76. The van der Waals surface area contributed by atoms with Gasteiger partial charge in [0.05, 0.1) is 6.54 Å². The van der Waals surface area contributed by atoms with Crippen LogP contribution < -0.4 is 16.7 Å². The molecule has 8 heteroatoms. The van der Waals surface area contributed by atoms with Crippen LogP contribution in [0, 0.1) is 6.92 Å². The second-order valence-corrected chi connectivity index (χ2v) is 6.60. The summed E-state index contributed by atoms with van der Waals surface area (Å²) in [5, 5.41) is 3.27. The van der Waals surface area contributed by atoms with Crippen LogP contribution in [0.5, 0.6) is 0 Å². The number of nitrogens with zero attached hydrogens (tertiary/aromatic N) is 4. The summed E-state index contributed by atoms with van der Waals surface area (Å²) >= 11 is 0. The highest BCUT2D eigenvalue weighted by atomic mass is 16.1. The van der Waals surface area contributed by atoms with Crippen molar-refractivity contribution in [2.75, 3.05) is 11.1 Å². The van der Waals surface area contributed by atoms with E-state index in [-0.39, 0.29) is 11.5 Å². The van der Waals surface area contributed by atoms with Gasteiger partial charge in [-0.1, -0.05) is 25.1 Å². The Bertz CT molecular complexity index is 1170. The Kier molecular flexibility index (Phi) is 4.52. The molecule has 142 valence electrons. The van der Waals surface area contributed by atoms with Gasteiger partial charge in [0, 0.05) is 11.9 Å². The number of benzene rings is 1. The van der Waals surface area contributed by atoms with Gasteiger partial charge in [-0.05, 0) is 42.7 Å². The maximum absolute atomic E-state index is 12.3. The van der Waals surface area contributed by atoms with Crippen molar-refractivity contribution in [3.63, 3.8) is 0 Å². The molecule has 0 aliphatic carbocycles. The SMILES string of the molecule is CCc1ccc(Nc2ccc(Cn3c(=O)[nH]c4c(N)nc(C)nc43)cn2)cc1. The van der Waals surface area contributed by atoms with Crippen molar-refractivity contribution in [2.24, 2.45) is 0 Å². The van der Waals surface area contributed by atoms with E-state index < -0.39 is 0 Å². The first-order valence-corrected chi connectivity index (χ1v) is 9.07. The van der Waals surface area contributed by atoms with E-state index in [4.69, 9.17) is 5.73 Å². The number of hydrogen-bond donors (Lipinski definition) is 3. The molecular formula is C20H21N7O. The number of aromatic nitrogens is 5. The number of aromatic amines is 1. The third-order valence-corrected chi connectivity index (χ3v) is 4.56. The van der Waals surface area contributed by atoms with Gasteiger partial charge in [0.15, 0.2) is 11.5 Å². The lowest BCUT2D eigenvalue weighted by Crippen LogP contribution is -2.18. The number of rotatable bonds is 5. The summed E-state index contributed by atoms with van der Waals surface area (Å²) in [6.07, 6.45) is 2.75. The molecule has 0 spiro atoms. The minimum Gasteiger partial charge on any atom is -0.382 e. The van der Waals surface area contributed by atoms with Gasteiger partial charge in [0.25, 0.3) is 0 Å². The third-order valence-electron chi connectivity index (χ3n) is 4.56. The summed E-state index contributed by atoms with van der Waals surface area (Å²) in [5.74, 6) is 1.52. The molecule has 4 aromatic rings. The van der Waals surface area contributed by atoms with Crippen molar-refractivity contribution in [3.05, 3.63) is 70.0 Å². The monoisotopic (exact) mass is 375 g/mol. The van der Waals surface area contributed by atoms with E-state index in [0.717, 1.165) is 23.5 Å².